The monoisotopic (exact) mass is 226 g/mol. The molecule has 0 spiro atoms. The minimum Gasteiger partial charge on any atom is -0.485 e. The fraction of sp³-hybridized carbons (Fsp3) is 0.364. The fourth-order valence-corrected chi connectivity index (χ4v) is 1.70. The van der Waals surface area contributed by atoms with E-state index in [4.69, 9.17) is 21.1 Å². The summed E-state index contributed by atoms with van der Waals surface area (Å²) in [5, 5.41) is 0. The zero-order chi connectivity index (χ0) is 10.9. The third-order valence-corrected chi connectivity index (χ3v) is 2.64. The van der Waals surface area contributed by atoms with Gasteiger partial charge in [0.25, 0.3) is 0 Å². The second-order valence-electron chi connectivity index (χ2n) is 3.63. The maximum Gasteiger partial charge on any atom is 0.199 e. The van der Waals surface area contributed by atoms with Gasteiger partial charge in [-0.1, -0.05) is 12.1 Å². The minimum atomic E-state index is -0.962. The van der Waals surface area contributed by atoms with Crippen LogP contribution in [-0.4, -0.2) is 23.9 Å². The van der Waals surface area contributed by atoms with Gasteiger partial charge in [0.05, 0.1) is 5.88 Å². The van der Waals surface area contributed by atoms with E-state index in [1.54, 1.807) is 19.1 Å². The van der Waals surface area contributed by atoms with Crippen molar-refractivity contribution >= 4 is 17.4 Å². The van der Waals surface area contributed by atoms with Gasteiger partial charge in [0.2, 0.25) is 0 Å². The number of ketones is 1. The van der Waals surface area contributed by atoms with Gasteiger partial charge >= 0.3 is 0 Å². The van der Waals surface area contributed by atoms with Gasteiger partial charge in [-0.05, 0) is 19.1 Å². The highest BCUT2D eigenvalue weighted by atomic mass is 35.5. The lowest BCUT2D eigenvalue weighted by Crippen LogP contribution is -2.49. The van der Waals surface area contributed by atoms with Crippen molar-refractivity contribution < 1.29 is 14.3 Å². The number of benzene rings is 1. The zero-order valence-electron chi connectivity index (χ0n) is 8.33. The number of halogens is 1. The third-order valence-electron chi connectivity index (χ3n) is 2.40. The number of alkyl halides is 1. The Morgan fingerprint density at radius 3 is 2.80 bits per heavy atom. The first-order chi connectivity index (χ1) is 7.15. The van der Waals surface area contributed by atoms with Crippen LogP contribution in [0.3, 0.4) is 0 Å². The number of hydrogen-bond acceptors (Lipinski definition) is 3. The predicted octanol–water partition coefficient (Wildman–Crippen LogP) is 2.02. The molecule has 1 aliphatic rings. The number of fused-ring (bicyclic) bond motifs is 1. The van der Waals surface area contributed by atoms with Crippen molar-refractivity contribution in [3.05, 3.63) is 24.3 Å². The molecule has 0 saturated heterocycles. The van der Waals surface area contributed by atoms with E-state index in [-0.39, 0.29) is 18.3 Å². The minimum absolute atomic E-state index is 0.0674. The number of rotatable bonds is 2. The van der Waals surface area contributed by atoms with E-state index in [0.29, 0.717) is 11.5 Å². The fourth-order valence-electron chi connectivity index (χ4n) is 1.42. The van der Waals surface area contributed by atoms with Crippen LogP contribution < -0.4 is 9.47 Å². The average Bonchev–Trinajstić information content (AvgIpc) is 2.27. The molecule has 1 aromatic carbocycles. The first kappa shape index (κ1) is 10.3. The van der Waals surface area contributed by atoms with E-state index < -0.39 is 5.60 Å². The van der Waals surface area contributed by atoms with Crippen LogP contribution in [-0.2, 0) is 4.79 Å². The molecule has 0 bridgehead atoms. The molecule has 0 aliphatic carbocycles. The summed E-state index contributed by atoms with van der Waals surface area (Å²) in [6.07, 6.45) is 0. The highest BCUT2D eigenvalue weighted by Crippen LogP contribution is 2.35. The van der Waals surface area contributed by atoms with Crippen molar-refractivity contribution in [1.29, 1.82) is 0 Å². The molecule has 0 saturated carbocycles. The molecule has 1 atom stereocenters. The molecule has 2 rings (SSSR count). The summed E-state index contributed by atoms with van der Waals surface area (Å²) in [7, 11) is 0. The summed E-state index contributed by atoms with van der Waals surface area (Å²) in [4.78, 5) is 11.6. The number of para-hydroxylation sites is 2. The van der Waals surface area contributed by atoms with Gasteiger partial charge in [0, 0.05) is 0 Å². The van der Waals surface area contributed by atoms with Gasteiger partial charge in [-0.25, -0.2) is 0 Å². The molecular formula is C11H11ClO3. The first-order valence-corrected chi connectivity index (χ1v) is 5.19. The normalized spacial score (nSPS) is 23.6. The summed E-state index contributed by atoms with van der Waals surface area (Å²) in [5.74, 6) is 1.02. The smallest absolute Gasteiger partial charge is 0.199 e. The van der Waals surface area contributed by atoms with Crippen LogP contribution in [0.25, 0.3) is 0 Å². The van der Waals surface area contributed by atoms with E-state index in [1.807, 2.05) is 12.1 Å². The van der Waals surface area contributed by atoms with Crippen LogP contribution in [0.5, 0.6) is 11.5 Å². The Morgan fingerprint density at radius 1 is 1.47 bits per heavy atom. The van der Waals surface area contributed by atoms with Gasteiger partial charge in [-0.2, -0.15) is 0 Å². The van der Waals surface area contributed by atoms with E-state index >= 15 is 0 Å². The molecule has 1 heterocycles. The van der Waals surface area contributed by atoms with E-state index in [2.05, 4.69) is 0 Å². The van der Waals surface area contributed by atoms with Gasteiger partial charge in [-0.15, -0.1) is 11.6 Å². The maximum atomic E-state index is 11.6. The molecule has 0 fully saturated rings. The second kappa shape index (κ2) is 3.74. The second-order valence-corrected chi connectivity index (χ2v) is 3.89. The largest absolute Gasteiger partial charge is 0.485 e. The number of carbonyl (C=O) groups is 1. The first-order valence-electron chi connectivity index (χ1n) is 4.66. The highest BCUT2D eigenvalue weighted by molar-refractivity contribution is 6.28. The Kier molecular flexibility index (Phi) is 2.57. The Bertz CT molecular complexity index is 391. The molecule has 4 heteroatoms. The van der Waals surface area contributed by atoms with Crippen LogP contribution >= 0.6 is 11.6 Å². The van der Waals surface area contributed by atoms with Crippen molar-refractivity contribution in [2.45, 2.75) is 12.5 Å². The van der Waals surface area contributed by atoms with Gasteiger partial charge in [0.15, 0.2) is 22.9 Å². The van der Waals surface area contributed by atoms with Crippen molar-refractivity contribution in [3.63, 3.8) is 0 Å². The molecule has 3 nitrogen and oxygen atoms in total. The third kappa shape index (κ3) is 1.79. The molecule has 1 unspecified atom stereocenters. The molecule has 1 aromatic rings. The predicted molar refractivity (Wildman–Crippen MR) is 56.7 cm³/mol. The zero-order valence-corrected chi connectivity index (χ0v) is 9.08. The van der Waals surface area contributed by atoms with Crippen molar-refractivity contribution in [1.82, 2.24) is 0 Å². The van der Waals surface area contributed by atoms with Gasteiger partial charge in [0.1, 0.15) is 6.61 Å². The van der Waals surface area contributed by atoms with Crippen molar-refractivity contribution in [3.8, 4) is 11.5 Å². The molecule has 15 heavy (non-hydrogen) atoms. The number of ether oxygens (including phenoxy) is 2. The van der Waals surface area contributed by atoms with Crippen LogP contribution in [0.4, 0.5) is 0 Å². The summed E-state index contributed by atoms with van der Waals surface area (Å²) < 4.78 is 11.1. The lowest BCUT2D eigenvalue weighted by Gasteiger charge is -2.33. The summed E-state index contributed by atoms with van der Waals surface area (Å²) >= 11 is 5.52. The molecule has 0 N–H and O–H groups in total. The topological polar surface area (TPSA) is 35.5 Å². The molecule has 1 aliphatic heterocycles. The van der Waals surface area contributed by atoms with Crippen molar-refractivity contribution in [2.75, 3.05) is 12.5 Å². The summed E-state index contributed by atoms with van der Waals surface area (Å²) in [5.41, 5.74) is -0.962. The lowest BCUT2D eigenvalue weighted by atomic mass is 10.0. The highest BCUT2D eigenvalue weighted by Gasteiger charge is 2.39. The molecule has 0 aromatic heterocycles. The number of Topliss-reactive ketones (excluding diaryl/α,β-unsaturated/α-hetero) is 1. The maximum absolute atomic E-state index is 11.6. The summed E-state index contributed by atoms with van der Waals surface area (Å²) in [6, 6.07) is 7.27. The molecular weight excluding hydrogens is 216 g/mol. The number of hydrogen-bond donors (Lipinski definition) is 0. The Labute approximate surface area is 92.9 Å². The quantitative estimate of drug-likeness (QED) is 0.724. The molecule has 0 radical (unpaired) electrons. The van der Waals surface area contributed by atoms with Crippen LogP contribution in [0.1, 0.15) is 6.92 Å². The molecule has 0 amide bonds. The van der Waals surface area contributed by atoms with Crippen LogP contribution in [0.2, 0.25) is 0 Å². The average molecular weight is 227 g/mol. The van der Waals surface area contributed by atoms with Gasteiger partial charge < -0.3 is 9.47 Å². The summed E-state index contributed by atoms with van der Waals surface area (Å²) in [6.45, 7) is 1.89. The molecule has 80 valence electrons. The van der Waals surface area contributed by atoms with Crippen LogP contribution in [0.15, 0.2) is 24.3 Å². The Morgan fingerprint density at radius 2 is 2.13 bits per heavy atom. The van der Waals surface area contributed by atoms with Crippen LogP contribution in [0, 0.1) is 0 Å². The lowest BCUT2D eigenvalue weighted by molar-refractivity contribution is -0.135. The van der Waals surface area contributed by atoms with E-state index in [1.165, 1.54) is 0 Å². The van der Waals surface area contributed by atoms with Gasteiger partial charge in [-0.3, -0.25) is 4.79 Å². The number of carbonyl (C=O) groups excluding carboxylic acids is 1. The Balaban J connectivity index is 2.28. The van der Waals surface area contributed by atoms with E-state index in [0.717, 1.165) is 0 Å². The standard InChI is InChI=1S/C11H11ClO3/c1-11(10(13)6-12)7-14-8-4-2-3-5-9(8)15-11/h2-5H,6-7H2,1H3. The SMILES string of the molecule is CC1(C(=O)CCl)COc2ccccc2O1. The Hall–Kier alpha value is -1.22. The van der Waals surface area contributed by atoms with E-state index in [9.17, 15) is 4.79 Å². The van der Waals surface area contributed by atoms with Crippen molar-refractivity contribution in [2.24, 2.45) is 0 Å².